The first kappa shape index (κ1) is 23.8. The van der Waals surface area contributed by atoms with Crippen LogP contribution in [0.25, 0.3) is 11.3 Å². The Hall–Kier alpha value is -1.93. The fourth-order valence-electron chi connectivity index (χ4n) is 5.26. The molecule has 3 aliphatic rings. The highest BCUT2D eigenvalue weighted by atomic mass is 16.5. The minimum absolute atomic E-state index is 0.379. The van der Waals surface area contributed by atoms with Crippen LogP contribution in [-0.2, 0) is 11.3 Å². The van der Waals surface area contributed by atoms with Crippen molar-refractivity contribution >= 4 is 5.88 Å². The number of hydrogen-bond donors (Lipinski definition) is 1. The molecule has 0 spiro atoms. The van der Waals surface area contributed by atoms with Gasteiger partial charge in [0.1, 0.15) is 5.69 Å². The fraction of sp³-hybridized carbons (Fsp3) is 0.667. The minimum Gasteiger partial charge on any atom is -0.390 e. The molecule has 186 valence electrons. The zero-order valence-electron chi connectivity index (χ0n) is 20.6. The van der Waals surface area contributed by atoms with E-state index in [2.05, 4.69) is 51.0 Å². The van der Waals surface area contributed by atoms with Gasteiger partial charge < -0.3 is 19.3 Å². The van der Waals surface area contributed by atoms with E-state index in [9.17, 15) is 5.11 Å². The number of aliphatic hydroxyl groups excluding tert-OH is 1. The molecule has 1 atom stereocenters. The van der Waals surface area contributed by atoms with E-state index in [1.807, 2.05) is 6.07 Å². The van der Waals surface area contributed by atoms with Gasteiger partial charge in [-0.1, -0.05) is 42.4 Å². The van der Waals surface area contributed by atoms with E-state index in [4.69, 9.17) is 9.26 Å². The number of ether oxygens (including phenoxy) is 1. The number of aliphatic hydroxyl groups is 1. The van der Waals surface area contributed by atoms with Gasteiger partial charge in [-0.25, -0.2) is 0 Å². The molecule has 34 heavy (non-hydrogen) atoms. The molecule has 1 aromatic carbocycles. The Kier molecular flexibility index (Phi) is 7.84. The number of β-amino-alcohol motifs (C(OH)–C–C–N with tert-alkyl or cyclic N) is 1. The summed E-state index contributed by atoms with van der Waals surface area (Å²) in [6.45, 7) is 10.8. The summed E-state index contributed by atoms with van der Waals surface area (Å²) in [7, 11) is 0. The van der Waals surface area contributed by atoms with Crippen molar-refractivity contribution < 1.29 is 14.4 Å². The predicted molar refractivity (Wildman–Crippen MR) is 134 cm³/mol. The molecule has 1 aliphatic carbocycles. The maximum atomic E-state index is 11.0. The van der Waals surface area contributed by atoms with Crippen LogP contribution in [0.5, 0.6) is 0 Å². The molecule has 2 aromatic rings. The Morgan fingerprint density at radius 3 is 2.50 bits per heavy atom. The lowest BCUT2D eigenvalue weighted by Gasteiger charge is -2.32. The van der Waals surface area contributed by atoms with Crippen LogP contribution < -0.4 is 4.90 Å². The van der Waals surface area contributed by atoms with Crippen LogP contribution in [0.4, 0.5) is 5.88 Å². The van der Waals surface area contributed by atoms with E-state index in [0.717, 1.165) is 81.5 Å². The standard InChI is InChI=1S/C27H40N4O3/c1-21-9-11-31(12-10-21)27-25(26(28-34-27)23-5-3-2-4-6-23)20-30(17-22-7-8-22)19-24(32)18-29-13-15-33-16-14-29/h2-6,21-22,24,32H,7-20H2,1H3. The van der Waals surface area contributed by atoms with Crippen LogP contribution in [0.2, 0.25) is 0 Å². The number of rotatable bonds is 10. The smallest absolute Gasteiger partial charge is 0.232 e. The number of morpholine rings is 1. The van der Waals surface area contributed by atoms with E-state index in [0.29, 0.717) is 13.1 Å². The molecule has 0 bridgehead atoms. The molecule has 1 saturated carbocycles. The fourth-order valence-corrected chi connectivity index (χ4v) is 5.26. The highest BCUT2D eigenvalue weighted by Gasteiger charge is 2.30. The number of nitrogens with zero attached hydrogens (tertiary/aromatic N) is 4. The molecule has 7 heteroatoms. The van der Waals surface area contributed by atoms with E-state index in [-0.39, 0.29) is 6.10 Å². The van der Waals surface area contributed by atoms with Gasteiger partial charge in [0.15, 0.2) is 0 Å². The van der Waals surface area contributed by atoms with Crippen molar-refractivity contribution in [2.45, 2.75) is 45.3 Å². The quantitative estimate of drug-likeness (QED) is 0.573. The molecule has 1 unspecified atom stereocenters. The normalized spacial score (nSPS) is 21.3. The number of anilines is 1. The van der Waals surface area contributed by atoms with Gasteiger partial charge in [-0.3, -0.25) is 9.80 Å². The summed E-state index contributed by atoms with van der Waals surface area (Å²) in [5.41, 5.74) is 3.20. The van der Waals surface area contributed by atoms with Crippen LogP contribution in [0.3, 0.4) is 0 Å². The van der Waals surface area contributed by atoms with Gasteiger partial charge in [-0.2, -0.15) is 0 Å². The van der Waals surface area contributed by atoms with Crippen molar-refractivity contribution in [1.29, 1.82) is 0 Å². The molecule has 5 rings (SSSR count). The van der Waals surface area contributed by atoms with Gasteiger partial charge in [0, 0.05) is 57.9 Å². The monoisotopic (exact) mass is 468 g/mol. The molecule has 2 aliphatic heterocycles. The second kappa shape index (κ2) is 11.2. The van der Waals surface area contributed by atoms with E-state index in [1.165, 1.54) is 31.2 Å². The molecular weight excluding hydrogens is 428 g/mol. The van der Waals surface area contributed by atoms with Crippen molar-refractivity contribution in [3.63, 3.8) is 0 Å². The summed E-state index contributed by atoms with van der Waals surface area (Å²) >= 11 is 0. The Morgan fingerprint density at radius 2 is 1.79 bits per heavy atom. The molecule has 0 radical (unpaired) electrons. The summed E-state index contributed by atoms with van der Waals surface area (Å²) in [6.07, 6.45) is 4.58. The summed E-state index contributed by atoms with van der Waals surface area (Å²) in [5.74, 6) is 2.43. The summed E-state index contributed by atoms with van der Waals surface area (Å²) in [5, 5.41) is 15.6. The van der Waals surface area contributed by atoms with Crippen LogP contribution in [0.15, 0.2) is 34.9 Å². The number of benzene rings is 1. The van der Waals surface area contributed by atoms with Crippen molar-refractivity contribution in [2.75, 3.05) is 63.9 Å². The summed E-state index contributed by atoms with van der Waals surface area (Å²) in [6, 6.07) is 10.4. The first-order valence-corrected chi connectivity index (χ1v) is 13.1. The van der Waals surface area contributed by atoms with Crippen molar-refractivity contribution in [1.82, 2.24) is 15.0 Å². The molecule has 0 amide bonds. The van der Waals surface area contributed by atoms with E-state index >= 15 is 0 Å². The van der Waals surface area contributed by atoms with Crippen LogP contribution in [-0.4, -0.2) is 85.2 Å². The van der Waals surface area contributed by atoms with Gasteiger partial charge in [-0.05, 0) is 37.5 Å². The van der Waals surface area contributed by atoms with Gasteiger partial charge in [0.05, 0.1) is 24.9 Å². The Balaban J connectivity index is 1.35. The molecule has 1 aromatic heterocycles. The topological polar surface area (TPSA) is 65.2 Å². The zero-order chi connectivity index (χ0) is 23.3. The molecular formula is C27H40N4O3. The van der Waals surface area contributed by atoms with E-state index in [1.54, 1.807) is 0 Å². The molecule has 3 heterocycles. The largest absolute Gasteiger partial charge is 0.390 e. The van der Waals surface area contributed by atoms with E-state index < -0.39 is 0 Å². The third-order valence-electron chi connectivity index (χ3n) is 7.52. The third kappa shape index (κ3) is 6.19. The molecule has 3 fully saturated rings. The van der Waals surface area contributed by atoms with Crippen molar-refractivity contribution in [3.05, 3.63) is 35.9 Å². The van der Waals surface area contributed by atoms with Crippen molar-refractivity contribution in [3.8, 4) is 11.3 Å². The lowest BCUT2D eigenvalue weighted by Crippen LogP contribution is -2.45. The maximum Gasteiger partial charge on any atom is 0.232 e. The van der Waals surface area contributed by atoms with Crippen LogP contribution in [0.1, 0.15) is 38.2 Å². The van der Waals surface area contributed by atoms with Crippen LogP contribution in [0, 0.1) is 11.8 Å². The molecule has 1 N–H and O–H groups in total. The Bertz CT molecular complexity index is 887. The predicted octanol–water partition coefficient (Wildman–Crippen LogP) is 3.48. The average molecular weight is 469 g/mol. The first-order chi connectivity index (χ1) is 16.7. The SMILES string of the molecule is CC1CCN(c2onc(-c3ccccc3)c2CN(CC(O)CN2CCOCC2)CC2CC2)CC1. The highest BCUT2D eigenvalue weighted by molar-refractivity contribution is 5.68. The summed E-state index contributed by atoms with van der Waals surface area (Å²) < 4.78 is 11.5. The van der Waals surface area contributed by atoms with Gasteiger partial charge in [0.2, 0.25) is 5.88 Å². The lowest BCUT2D eigenvalue weighted by atomic mass is 9.98. The average Bonchev–Trinajstić information content (AvgIpc) is 3.58. The number of hydrogen-bond acceptors (Lipinski definition) is 7. The number of aromatic nitrogens is 1. The second-order valence-electron chi connectivity index (χ2n) is 10.6. The van der Waals surface area contributed by atoms with Crippen LogP contribution >= 0.6 is 0 Å². The Morgan fingerprint density at radius 1 is 1.06 bits per heavy atom. The minimum atomic E-state index is -0.379. The first-order valence-electron chi connectivity index (χ1n) is 13.1. The van der Waals surface area contributed by atoms with Gasteiger partial charge in [-0.15, -0.1) is 0 Å². The summed E-state index contributed by atoms with van der Waals surface area (Å²) in [4.78, 5) is 7.14. The Labute approximate surface area is 203 Å². The molecule has 2 saturated heterocycles. The number of piperidine rings is 1. The van der Waals surface area contributed by atoms with Gasteiger partial charge in [0.25, 0.3) is 0 Å². The van der Waals surface area contributed by atoms with Crippen molar-refractivity contribution in [2.24, 2.45) is 11.8 Å². The third-order valence-corrected chi connectivity index (χ3v) is 7.52. The zero-order valence-corrected chi connectivity index (χ0v) is 20.6. The lowest BCUT2D eigenvalue weighted by molar-refractivity contribution is 0.00591. The van der Waals surface area contributed by atoms with Gasteiger partial charge >= 0.3 is 0 Å². The maximum absolute atomic E-state index is 11.0. The second-order valence-corrected chi connectivity index (χ2v) is 10.6. The molecule has 7 nitrogen and oxygen atoms in total. The highest BCUT2D eigenvalue weighted by Crippen LogP contribution is 2.36.